The van der Waals surface area contributed by atoms with Crippen molar-refractivity contribution in [1.29, 1.82) is 0 Å². The maximum Gasteiger partial charge on any atom is 0.170 e. The minimum atomic E-state index is 0.474. The van der Waals surface area contributed by atoms with E-state index in [1.54, 1.807) is 0 Å². The van der Waals surface area contributed by atoms with Crippen molar-refractivity contribution in [3.63, 3.8) is 0 Å². The van der Waals surface area contributed by atoms with Crippen LogP contribution in [0.15, 0.2) is 53.4 Å². The highest BCUT2D eigenvalue weighted by molar-refractivity contribution is 7.99. The fourth-order valence-electron chi connectivity index (χ4n) is 1.82. The SMILES string of the molecule is C[C@@H](CNC(=S)Nc1ccccc1Cl)CSc1ccc(Cl)cc1. The van der Waals surface area contributed by atoms with Gasteiger partial charge in [0.15, 0.2) is 5.11 Å². The topological polar surface area (TPSA) is 24.1 Å². The second-order valence-electron chi connectivity index (χ2n) is 5.18. The smallest absolute Gasteiger partial charge is 0.170 e. The minimum Gasteiger partial charge on any atom is -0.362 e. The third-order valence-corrected chi connectivity index (χ3v) is 5.25. The van der Waals surface area contributed by atoms with Crippen LogP contribution in [0.25, 0.3) is 0 Å². The summed E-state index contributed by atoms with van der Waals surface area (Å²) in [5.41, 5.74) is 0.815. The molecule has 0 fully saturated rings. The first-order valence-electron chi connectivity index (χ1n) is 7.22. The predicted octanol–water partition coefficient (Wildman–Crippen LogP) is 5.71. The zero-order valence-corrected chi connectivity index (χ0v) is 15.8. The van der Waals surface area contributed by atoms with Crippen LogP contribution in [-0.2, 0) is 0 Å². The number of benzene rings is 2. The van der Waals surface area contributed by atoms with Crippen molar-refractivity contribution in [3.05, 3.63) is 58.6 Å². The number of thioether (sulfide) groups is 1. The van der Waals surface area contributed by atoms with Crippen molar-refractivity contribution in [1.82, 2.24) is 5.32 Å². The first-order valence-corrected chi connectivity index (χ1v) is 9.37. The molecule has 0 amide bonds. The molecule has 23 heavy (non-hydrogen) atoms. The zero-order chi connectivity index (χ0) is 16.7. The molecule has 2 aromatic rings. The first kappa shape index (κ1) is 18.4. The predicted molar refractivity (Wildman–Crippen MR) is 107 cm³/mol. The van der Waals surface area contributed by atoms with Crippen molar-refractivity contribution in [3.8, 4) is 0 Å². The Balaban J connectivity index is 1.71. The van der Waals surface area contributed by atoms with Gasteiger partial charge in [-0.3, -0.25) is 0 Å². The quantitative estimate of drug-likeness (QED) is 0.491. The lowest BCUT2D eigenvalue weighted by molar-refractivity contribution is 0.637. The maximum atomic E-state index is 6.10. The van der Waals surface area contributed by atoms with E-state index in [0.717, 1.165) is 23.0 Å². The van der Waals surface area contributed by atoms with E-state index in [-0.39, 0.29) is 0 Å². The molecule has 0 bridgehead atoms. The average Bonchev–Trinajstić information content (AvgIpc) is 2.54. The highest BCUT2D eigenvalue weighted by atomic mass is 35.5. The number of thiocarbonyl (C=S) groups is 1. The van der Waals surface area contributed by atoms with Gasteiger partial charge in [0.2, 0.25) is 0 Å². The van der Waals surface area contributed by atoms with E-state index in [2.05, 4.69) is 17.6 Å². The molecular formula is C17H18Cl2N2S2. The highest BCUT2D eigenvalue weighted by Gasteiger charge is 2.06. The van der Waals surface area contributed by atoms with Crippen molar-refractivity contribution in [2.75, 3.05) is 17.6 Å². The van der Waals surface area contributed by atoms with Gasteiger partial charge in [0, 0.05) is 22.2 Å². The molecule has 1 atom stereocenters. The standard InChI is InChI=1S/C17H18Cl2N2S2/c1-12(11-23-14-8-6-13(18)7-9-14)10-20-17(22)21-16-5-3-2-4-15(16)19/h2-9,12H,10-11H2,1H3,(H2,20,21,22)/t12-/m0/s1. The lowest BCUT2D eigenvalue weighted by atomic mass is 10.2. The molecule has 2 rings (SSSR count). The summed E-state index contributed by atoms with van der Waals surface area (Å²) in [5, 5.41) is 8.35. The second kappa shape index (κ2) is 9.38. The van der Waals surface area contributed by atoms with Crippen LogP contribution in [-0.4, -0.2) is 17.4 Å². The molecular weight excluding hydrogens is 367 g/mol. The summed E-state index contributed by atoms with van der Waals surface area (Å²) in [7, 11) is 0. The molecule has 0 aliphatic carbocycles. The van der Waals surface area contributed by atoms with Crippen molar-refractivity contribution < 1.29 is 0 Å². The third kappa shape index (κ3) is 6.60. The number of nitrogens with one attached hydrogen (secondary N) is 2. The van der Waals surface area contributed by atoms with E-state index in [0.29, 0.717) is 16.1 Å². The summed E-state index contributed by atoms with van der Waals surface area (Å²) in [6.07, 6.45) is 0. The van der Waals surface area contributed by atoms with Gasteiger partial charge in [0.05, 0.1) is 10.7 Å². The second-order valence-corrected chi connectivity index (χ2v) is 7.53. The Morgan fingerprint density at radius 1 is 1.13 bits per heavy atom. The van der Waals surface area contributed by atoms with Gasteiger partial charge in [-0.05, 0) is 54.5 Å². The van der Waals surface area contributed by atoms with Gasteiger partial charge in [-0.1, -0.05) is 42.3 Å². The van der Waals surface area contributed by atoms with Crippen molar-refractivity contribution in [2.24, 2.45) is 5.92 Å². The number of hydrogen-bond donors (Lipinski definition) is 2. The van der Waals surface area contributed by atoms with E-state index in [1.807, 2.05) is 60.3 Å². The van der Waals surface area contributed by atoms with Gasteiger partial charge in [-0.2, -0.15) is 0 Å². The lowest BCUT2D eigenvalue weighted by Gasteiger charge is -2.15. The fraction of sp³-hybridized carbons (Fsp3) is 0.235. The van der Waals surface area contributed by atoms with Crippen LogP contribution < -0.4 is 10.6 Å². The van der Waals surface area contributed by atoms with Crippen LogP contribution in [0.2, 0.25) is 10.0 Å². The Bertz CT molecular complexity index is 647. The van der Waals surface area contributed by atoms with Crippen molar-refractivity contribution in [2.45, 2.75) is 11.8 Å². The maximum absolute atomic E-state index is 6.10. The summed E-state index contributed by atoms with van der Waals surface area (Å²) in [5.74, 6) is 1.48. The molecule has 122 valence electrons. The highest BCUT2D eigenvalue weighted by Crippen LogP contribution is 2.22. The number of anilines is 1. The van der Waals surface area contributed by atoms with Gasteiger partial charge in [0.1, 0.15) is 0 Å². The monoisotopic (exact) mass is 384 g/mol. The van der Waals surface area contributed by atoms with Crippen LogP contribution in [0.4, 0.5) is 5.69 Å². The van der Waals surface area contributed by atoms with Gasteiger partial charge in [-0.25, -0.2) is 0 Å². The fourth-order valence-corrected chi connectivity index (χ4v) is 3.25. The molecule has 6 heteroatoms. The number of rotatable bonds is 6. The number of para-hydroxylation sites is 1. The Morgan fingerprint density at radius 2 is 1.83 bits per heavy atom. The summed E-state index contributed by atoms with van der Waals surface area (Å²) in [6.45, 7) is 2.99. The molecule has 0 saturated heterocycles. The van der Waals surface area contributed by atoms with Crippen LogP contribution in [0, 0.1) is 5.92 Å². The number of halogens is 2. The van der Waals surface area contributed by atoms with Crippen LogP contribution in [0.3, 0.4) is 0 Å². The third-order valence-electron chi connectivity index (χ3n) is 3.08. The molecule has 0 saturated carbocycles. The van der Waals surface area contributed by atoms with Crippen LogP contribution in [0.5, 0.6) is 0 Å². The van der Waals surface area contributed by atoms with E-state index < -0.39 is 0 Å². The summed E-state index contributed by atoms with van der Waals surface area (Å²) >= 11 is 19.1. The molecule has 0 aromatic heterocycles. The molecule has 0 aliphatic rings. The molecule has 2 aromatic carbocycles. The van der Waals surface area contributed by atoms with E-state index in [4.69, 9.17) is 35.4 Å². The van der Waals surface area contributed by atoms with Crippen LogP contribution >= 0.6 is 47.2 Å². The molecule has 2 nitrogen and oxygen atoms in total. The summed E-state index contributed by atoms with van der Waals surface area (Å²) in [6, 6.07) is 15.4. The lowest BCUT2D eigenvalue weighted by Crippen LogP contribution is -2.32. The Kier molecular flexibility index (Phi) is 7.50. The molecule has 0 heterocycles. The molecule has 0 aliphatic heterocycles. The van der Waals surface area contributed by atoms with Crippen LogP contribution in [0.1, 0.15) is 6.92 Å². The zero-order valence-electron chi connectivity index (χ0n) is 12.7. The van der Waals surface area contributed by atoms with Gasteiger partial charge in [-0.15, -0.1) is 11.8 Å². The van der Waals surface area contributed by atoms with Gasteiger partial charge < -0.3 is 10.6 Å². The van der Waals surface area contributed by atoms with E-state index >= 15 is 0 Å². The van der Waals surface area contributed by atoms with E-state index in [1.165, 1.54) is 4.90 Å². The first-order chi connectivity index (χ1) is 11.0. The normalized spacial score (nSPS) is 11.8. The van der Waals surface area contributed by atoms with Gasteiger partial charge >= 0.3 is 0 Å². The Hall–Kier alpha value is -0.940. The summed E-state index contributed by atoms with van der Waals surface area (Å²) < 4.78 is 0. The molecule has 0 radical (unpaired) electrons. The van der Waals surface area contributed by atoms with Crippen molar-refractivity contribution >= 4 is 58.0 Å². The number of hydrogen-bond acceptors (Lipinski definition) is 2. The average molecular weight is 385 g/mol. The van der Waals surface area contributed by atoms with Gasteiger partial charge in [0.25, 0.3) is 0 Å². The largest absolute Gasteiger partial charge is 0.362 e. The Morgan fingerprint density at radius 3 is 2.52 bits per heavy atom. The summed E-state index contributed by atoms with van der Waals surface area (Å²) in [4.78, 5) is 1.22. The van der Waals surface area contributed by atoms with E-state index in [9.17, 15) is 0 Å². The molecule has 0 unspecified atom stereocenters. The Labute approximate surface area is 157 Å². The molecule has 2 N–H and O–H groups in total. The minimum absolute atomic E-state index is 0.474. The molecule has 0 spiro atoms.